The van der Waals surface area contributed by atoms with Gasteiger partial charge in [-0.25, -0.2) is 9.78 Å². The highest BCUT2D eigenvalue weighted by atomic mass is 16.2. The van der Waals surface area contributed by atoms with E-state index in [1.54, 1.807) is 4.57 Å². The van der Waals surface area contributed by atoms with Crippen molar-refractivity contribution in [2.45, 2.75) is 46.7 Å². The van der Waals surface area contributed by atoms with E-state index in [0.29, 0.717) is 30.7 Å². The van der Waals surface area contributed by atoms with Crippen LogP contribution in [-0.2, 0) is 20.0 Å². The van der Waals surface area contributed by atoms with Crippen LogP contribution in [0, 0.1) is 5.92 Å². The minimum atomic E-state index is -0.320. The van der Waals surface area contributed by atoms with Crippen LogP contribution in [-0.4, -0.2) is 25.2 Å². The van der Waals surface area contributed by atoms with Crippen molar-refractivity contribution in [3.8, 4) is 0 Å². The Morgan fingerprint density at radius 2 is 1.86 bits per heavy atom. The summed E-state index contributed by atoms with van der Waals surface area (Å²) in [6.45, 7) is 8.94. The Kier molecular flexibility index (Phi) is 4.55. The minimum absolute atomic E-state index is 0.0438. The molecule has 22 heavy (non-hydrogen) atoms. The summed E-state index contributed by atoms with van der Waals surface area (Å²) >= 11 is 0. The molecule has 1 unspecified atom stereocenters. The maximum Gasteiger partial charge on any atom is 0.332 e. The molecule has 0 aliphatic carbocycles. The van der Waals surface area contributed by atoms with E-state index in [1.807, 2.05) is 32.3 Å². The Labute approximate surface area is 129 Å². The average Bonchev–Trinajstić information content (AvgIpc) is 2.87. The third kappa shape index (κ3) is 2.49. The number of aromatic nitrogens is 4. The van der Waals surface area contributed by atoms with Gasteiger partial charge in [0.15, 0.2) is 11.2 Å². The van der Waals surface area contributed by atoms with Crippen LogP contribution in [0.2, 0.25) is 0 Å². The molecule has 122 valence electrons. The van der Waals surface area contributed by atoms with Crippen LogP contribution in [0.15, 0.2) is 9.59 Å². The van der Waals surface area contributed by atoms with E-state index in [-0.39, 0.29) is 23.2 Å². The number of aryl methyl sites for hydroxylation is 1. The van der Waals surface area contributed by atoms with Crippen LogP contribution in [0.5, 0.6) is 0 Å². The standard InChI is InChI=1S/C15H25N5O2/c1-6-11-17-13-12(20(11)10(4)7-16)14(21)18(5)15(22)19(13)8-9(2)3/h9-10H,6-8,16H2,1-5H3. The van der Waals surface area contributed by atoms with Gasteiger partial charge in [-0.05, 0) is 12.8 Å². The Morgan fingerprint density at radius 3 is 2.36 bits per heavy atom. The number of fused-ring (bicyclic) bond motifs is 1. The zero-order valence-corrected chi connectivity index (χ0v) is 14.0. The molecule has 1 atom stereocenters. The lowest BCUT2D eigenvalue weighted by atomic mass is 10.2. The van der Waals surface area contributed by atoms with Crippen molar-refractivity contribution in [1.82, 2.24) is 18.7 Å². The molecule has 0 bridgehead atoms. The lowest BCUT2D eigenvalue weighted by molar-refractivity contribution is 0.499. The average molecular weight is 307 g/mol. The zero-order valence-electron chi connectivity index (χ0n) is 14.0. The van der Waals surface area contributed by atoms with Crippen LogP contribution in [0.1, 0.15) is 39.6 Å². The van der Waals surface area contributed by atoms with Crippen molar-refractivity contribution in [3.05, 3.63) is 26.7 Å². The van der Waals surface area contributed by atoms with E-state index in [4.69, 9.17) is 5.73 Å². The maximum atomic E-state index is 12.6. The highest BCUT2D eigenvalue weighted by Gasteiger charge is 2.22. The van der Waals surface area contributed by atoms with Crippen molar-refractivity contribution < 1.29 is 0 Å². The molecule has 0 aliphatic rings. The minimum Gasteiger partial charge on any atom is -0.328 e. The van der Waals surface area contributed by atoms with Crippen LogP contribution in [0.4, 0.5) is 0 Å². The predicted octanol–water partition coefficient (Wildman–Crippen LogP) is 0.635. The molecule has 0 radical (unpaired) electrons. The summed E-state index contributed by atoms with van der Waals surface area (Å²) in [6.07, 6.45) is 0.679. The Bertz CT molecular complexity index is 797. The van der Waals surface area contributed by atoms with Gasteiger partial charge >= 0.3 is 5.69 Å². The normalized spacial score (nSPS) is 13.2. The summed E-state index contributed by atoms with van der Waals surface area (Å²) < 4.78 is 4.64. The third-order valence-electron chi connectivity index (χ3n) is 3.89. The fourth-order valence-corrected chi connectivity index (χ4v) is 2.73. The monoisotopic (exact) mass is 307 g/mol. The highest BCUT2D eigenvalue weighted by molar-refractivity contribution is 5.71. The molecule has 7 heteroatoms. The molecule has 0 fully saturated rings. The second-order valence-corrected chi connectivity index (χ2v) is 6.16. The summed E-state index contributed by atoms with van der Waals surface area (Å²) in [5.41, 5.74) is 6.10. The van der Waals surface area contributed by atoms with Gasteiger partial charge in [-0.2, -0.15) is 0 Å². The highest BCUT2D eigenvalue weighted by Crippen LogP contribution is 2.18. The van der Waals surface area contributed by atoms with E-state index in [2.05, 4.69) is 4.98 Å². The molecule has 0 aliphatic heterocycles. The number of rotatable bonds is 5. The van der Waals surface area contributed by atoms with Gasteiger partial charge in [-0.15, -0.1) is 0 Å². The van der Waals surface area contributed by atoms with Gasteiger partial charge in [0.1, 0.15) is 5.82 Å². The van der Waals surface area contributed by atoms with Crippen molar-refractivity contribution in [2.75, 3.05) is 6.54 Å². The Hall–Kier alpha value is -1.89. The summed E-state index contributed by atoms with van der Waals surface area (Å²) in [5, 5.41) is 0. The number of imidazole rings is 1. The van der Waals surface area contributed by atoms with Crippen molar-refractivity contribution in [1.29, 1.82) is 0 Å². The predicted molar refractivity (Wildman–Crippen MR) is 87.2 cm³/mol. The second-order valence-electron chi connectivity index (χ2n) is 6.16. The molecule has 0 saturated carbocycles. The first-order valence-corrected chi connectivity index (χ1v) is 7.74. The SMILES string of the molecule is CCc1nc2c(c(=O)n(C)c(=O)n2CC(C)C)n1C(C)CN. The van der Waals surface area contributed by atoms with Gasteiger partial charge in [0.05, 0.1) is 0 Å². The van der Waals surface area contributed by atoms with Crippen LogP contribution >= 0.6 is 0 Å². The molecule has 0 spiro atoms. The lowest BCUT2D eigenvalue weighted by Gasteiger charge is -2.15. The molecule has 0 amide bonds. The first-order valence-electron chi connectivity index (χ1n) is 7.74. The number of nitrogens with zero attached hydrogens (tertiary/aromatic N) is 4. The summed E-state index contributed by atoms with van der Waals surface area (Å²) in [6, 6.07) is -0.0438. The zero-order chi connectivity index (χ0) is 16.6. The van der Waals surface area contributed by atoms with Crippen LogP contribution < -0.4 is 17.0 Å². The van der Waals surface area contributed by atoms with Gasteiger partial charge in [0.25, 0.3) is 5.56 Å². The largest absolute Gasteiger partial charge is 0.332 e. The van der Waals surface area contributed by atoms with Crippen LogP contribution in [0.3, 0.4) is 0 Å². The molecule has 2 aromatic rings. The molecule has 2 rings (SSSR count). The van der Waals surface area contributed by atoms with Crippen molar-refractivity contribution in [2.24, 2.45) is 18.7 Å². The van der Waals surface area contributed by atoms with E-state index >= 15 is 0 Å². The first-order chi connectivity index (χ1) is 10.3. The Morgan fingerprint density at radius 1 is 1.23 bits per heavy atom. The number of nitrogens with two attached hydrogens (primary N) is 1. The van der Waals surface area contributed by atoms with Crippen molar-refractivity contribution >= 4 is 11.2 Å². The van der Waals surface area contributed by atoms with Gasteiger partial charge in [-0.1, -0.05) is 20.8 Å². The van der Waals surface area contributed by atoms with Gasteiger partial charge in [-0.3, -0.25) is 13.9 Å². The number of hydrogen-bond donors (Lipinski definition) is 1. The van der Waals surface area contributed by atoms with Crippen LogP contribution in [0.25, 0.3) is 11.2 Å². The lowest BCUT2D eigenvalue weighted by Crippen LogP contribution is -2.39. The molecule has 2 N–H and O–H groups in total. The van der Waals surface area contributed by atoms with Crippen molar-refractivity contribution in [3.63, 3.8) is 0 Å². The summed E-state index contributed by atoms with van der Waals surface area (Å²) in [7, 11) is 1.51. The topological polar surface area (TPSA) is 87.8 Å². The molecule has 2 heterocycles. The van der Waals surface area contributed by atoms with Gasteiger partial charge < -0.3 is 10.3 Å². The second kappa shape index (κ2) is 6.08. The van der Waals surface area contributed by atoms with E-state index in [1.165, 1.54) is 7.05 Å². The summed E-state index contributed by atoms with van der Waals surface area (Å²) in [5.74, 6) is 1.06. The first kappa shape index (κ1) is 16.5. The fraction of sp³-hybridized carbons (Fsp3) is 0.667. The maximum absolute atomic E-state index is 12.6. The molecule has 2 aromatic heterocycles. The number of hydrogen-bond acceptors (Lipinski definition) is 4. The van der Waals surface area contributed by atoms with Gasteiger partial charge in [0.2, 0.25) is 0 Å². The third-order valence-corrected chi connectivity index (χ3v) is 3.89. The fourth-order valence-electron chi connectivity index (χ4n) is 2.73. The molecule has 7 nitrogen and oxygen atoms in total. The summed E-state index contributed by atoms with van der Waals surface area (Å²) in [4.78, 5) is 29.6. The smallest absolute Gasteiger partial charge is 0.328 e. The molecule has 0 aromatic carbocycles. The Balaban J connectivity index is 2.97. The molecular formula is C15H25N5O2. The van der Waals surface area contributed by atoms with E-state index in [0.717, 1.165) is 10.4 Å². The van der Waals surface area contributed by atoms with Gasteiger partial charge in [0, 0.05) is 32.6 Å². The molecular weight excluding hydrogens is 282 g/mol. The quantitative estimate of drug-likeness (QED) is 0.878. The molecule has 0 saturated heterocycles. The van der Waals surface area contributed by atoms with E-state index < -0.39 is 0 Å². The van der Waals surface area contributed by atoms with E-state index in [9.17, 15) is 9.59 Å².